The van der Waals surface area contributed by atoms with Crippen LogP contribution in [0.5, 0.6) is 0 Å². The van der Waals surface area contributed by atoms with Gasteiger partial charge in [-0.05, 0) is 29.0 Å². The molecule has 0 fully saturated rings. The Labute approximate surface area is 246 Å². The average molecular weight is 613 g/mol. The van der Waals surface area contributed by atoms with Crippen LogP contribution in [0, 0.1) is 26.9 Å². The van der Waals surface area contributed by atoms with Crippen LogP contribution in [-0.2, 0) is 16.7 Å². The summed E-state index contributed by atoms with van der Waals surface area (Å²) in [7, 11) is 0. The number of carbonyl (C=O) groups is 1. The molecule has 2 aliphatic rings. The number of anilines is 1. The predicted octanol–water partition coefficient (Wildman–Crippen LogP) is 6.70. The van der Waals surface area contributed by atoms with Gasteiger partial charge in [0.05, 0.1) is 28.0 Å². The Morgan fingerprint density at radius 1 is 1.21 bits per heavy atom. The number of nitrogens with zero attached hydrogens (tertiary/aromatic N) is 5. The maximum atomic E-state index is 13.6. The molecule has 0 saturated carbocycles. The number of aromatic nitrogens is 2. The Morgan fingerprint density at radius 3 is 2.64 bits per heavy atom. The second-order valence-electron chi connectivity index (χ2n) is 10.7. The molecule has 1 aliphatic carbocycles. The van der Waals surface area contributed by atoms with Gasteiger partial charge < -0.3 is 5.73 Å². The zero-order valence-corrected chi connectivity index (χ0v) is 23.9. The summed E-state index contributed by atoms with van der Waals surface area (Å²) in [6, 6.07) is 12.9. The molecule has 1 aromatic heterocycles. The molecule has 2 heterocycles. The lowest BCUT2D eigenvalue weighted by Crippen LogP contribution is -2.42. The molecule has 9 nitrogen and oxygen atoms in total. The normalized spacial score (nSPS) is 18.6. The molecule has 1 atom stereocenters. The molecule has 14 heteroatoms. The lowest BCUT2D eigenvalue weighted by molar-refractivity contribution is -0.384. The Bertz CT molecular complexity index is 1710. The van der Waals surface area contributed by atoms with Gasteiger partial charge in [-0.3, -0.25) is 19.8 Å². The monoisotopic (exact) mass is 612 g/mol. The molecule has 2 aromatic carbocycles. The number of hydrogen-bond acceptors (Lipinski definition) is 10. The molecule has 5 rings (SSSR count). The van der Waals surface area contributed by atoms with Gasteiger partial charge in [0.2, 0.25) is 5.13 Å². The molecule has 0 amide bonds. The molecule has 0 spiro atoms. The van der Waals surface area contributed by atoms with E-state index >= 15 is 0 Å². The number of benzene rings is 2. The second kappa shape index (κ2) is 10.9. The molecular formula is C28H23F3N6O3S2. The number of rotatable bonds is 6. The van der Waals surface area contributed by atoms with Gasteiger partial charge in [-0.1, -0.05) is 67.3 Å². The van der Waals surface area contributed by atoms with E-state index in [1.807, 2.05) is 13.8 Å². The highest BCUT2D eigenvalue weighted by molar-refractivity contribution is 8.00. The van der Waals surface area contributed by atoms with Gasteiger partial charge in [0.25, 0.3) is 5.69 Å². The Balaban J connectivity index is 1.54. The number of non-ortho nitro benzene ring substituents is 1. The zero-order valence-electron chi connectivity index (χ0n) is 22.3. The number of allylic oxidation sites excluding steroid dienone is 3. The summed E-state index contributed by atoms with van der Waals surface area (Å²) in [6.07, 6.45) is -3.84. The van der Waals surface area contributed by atoms with Crippen molar-refractivity contribution in [1.82, 2.24) is 10.2 Å². The van der Waals surface area contributed by atoms with Crippen LogP contribution >= 0.6 is 23.1 Å². The molecule has 3 aromatic rings. The summed E-state index contributed by atoms with van der Waals surface area (Å²) in [5.41, 5.74) is 7.01. The van der Waals surface area contributed by atoms with Crippen LogP contribution < -0.4 is 10.6 Å². The number of nitro benzene ring substituents is 1. The molecule has 0 radical (unpaired) electrons. The lowest BCUT2D eigenvalue weighted by atomic mass is 9.68. The number of nitriles is 1. The molecule has 0 bridgehead atoms. The fraction of sp³-hybridized carbons (Fsp3) is 0.286. The van der Waals surface area contributed by atoms with E-state index in [2.05, 4.69) is 16.3 Å². The standard InChI is InChI=1S/C28H23F3N6O3S2/c1-27(2)11-20-23(21(38)12-27)22(16-6-4-8-18(10-16)37(39)40)19(13-32)24(33)36(20)25-34-35-26(42-25)41-14-15-5-3-7-17(9-15)28(29,30)31/h3-10,22H,11-12,14,33H2,1-2H3/t22-/m1/s1. The highest BCUT2D eigenvalue weighted by Crippen LogP contribution is 2.51. The zero-order chi connectivity index (χ0) is 30.4. The van der Waals surface area contributed by atoms with Gasteiger partial charge in [0, 0.05) is 35.6 Å². The van der Waals surface area contributed by atoms with Gasteiger partial charge in [-0.2, -0.15) is 18.4 Å². The molecule has 0 saturated heterocycles. The molecule has 42 heavy (non-hydrogen) atoms. The van der Waals surface area contributed by atoms with Crippen molar-refractivity contribution in [3.63, 3.8) is 0 Å². The number of halogens is 3. The maximum absolute atomic E-state index is 13.6. The summed E-state index contributed by atoms with van der Waals surface area (Å²) in [5.74, 6) is -0.857. The van der Waals surface area contributed by atoms with E-state index in [1.165, 1.54) is 36.0 Å². The first-order valence-electron chi connectivity index (χ1n) is 12.6. The summed E-state index contributed by atoms with van der Waals surface area (Å²) in [6.45, 7) is 3.87. The maximum Gasteiger partial charge on any atom is 0.416 e. The number of thioether (sulfide) groups is 1. The van der Waals surface area contributed by atoms with Gasteiger partial charge >= 0.3 is 6.18 Å². The topological polar surface area (TPSA) is 139 Å². The minimum atomic E-state index is -4.45. The van der Waals surface area contributed by atoms with Gasteiger partial charge in [0.1, 0.15) is 5.82 Å². The van der Waals surface area contributed by atoms with Crippen molar-refractivity contribution >= 4 is 39.7 Å². The summed E-state index contributed by atoms with van der Waals surface area (Å²) < 4.78 is 39.8. The Kier molecular flexibility index (Phi) is 7.59. The third kappa shape index (κ3) is 5.62. The van der Waals surface area contributed by atoms with Crippen LogP contribution in [0.1, 0.15) is 49.3 Å². The third-order valence-corrected chi connectivity index (χ3v) is 9.11. The molecule has 0 unspecified atom stereocenters. The number of carbonyl (C=O) groups excluding carboxylic acids is 1. The quantitative estimate of drug-likeness (QED) is 0.183. The van der Waals surface area contributed by atoms with Crippen LogP contribution in [0.2, 0.25) is 0 Å². The summed E-state index contributed by atoms with van der Waals surface area (Å²) in [5, 5.41) is 30.4. The van der Waals surface area contributed by atoms with E-state index in [0.29, 0.717) is 38.3 Å². The Hall–Kier alpha value is -4.22. The van der Waals surface area contributed by atoms with E-state index in [4.69, 9.17) is 5.73 Å². The number of ketones is 1. The van der Waals surface area contributed by atoms with E-state index in [0.717, 1.165) is 23.5 Å². The van der Waals surface area contributed by atoms with Crippen molar-refractivity contribution in [3.05, 3.63) is 98.0 Å². The highest BCUT2D eigenvalue weighted by Gasteiger charge is 2.45. The summed E-state index contributed by atoms with van der Waals surface area (Å²) >= 11 is 2.33. The van der Waals surface area contributed by atoms with Crippen LogP contribution in [0.4, 0.5) is 24.0 Å². The average Bonchev–Trinajstić information content (AvgIpc) is 3.38. The van der Waals surface area contributed by atoms with Crippen LogP contribution in [0.25, 0.3) is 0 Å². The first kappa shape index (κ1) is 29.3. The largest absolute Gasteiger partial charge is 0.416 e. The second-order valence-corrected chi connectivity index (χ2v) is 12.8. The highest BCUT2D eigenvalue weighted by atomic mass is 32.2. The SMILES string of the molecule is CC1(C)CC(=O)C2=C(C1)N(c1nnc(SCc3cccc(C(F)(F)F)c3)s1)C(N)=C(C#N)[C@H]2c1cccc([N+](=O)[O-])c1. The lowest BCUT2D eigenvalue weighted by Gasteiger charge is -2.42. The molecule has 1 aliphatic heterocycles. The summed E-state index contributed by atoms with van der Waals surface area (Å²) in [4.78, 5) is 26.1. The minimum absolute atomic E-state index is 0.0313. The predicted molar refractivity (Wildman–Crippen MR) is 151 cm³/mol. The first-order chi connectivity index (χ1) is 19.8. The number of alkyl halides is 3. The van der Waals surface area contributed by atoms with E-state index in [-0.39, 0.29) is 35.0 Å². The Morgan fingerprint density at radius 2 is 1.95 bits per heavy atom. The van der Waals surface area contributed by atoms with Gasteiger partial charge in [-0.25, -0.2) is 0 Å². The van der Waals surface area contributed by atoms with Crippen LogP contribution in [0.15, 0.2) is 75.5 Å². The van der Waals surface area contributed by atoms with Crippen molar-refractivity contribution in [2.24, 2.45) is 11.1 Å². The minimum Gasteiger partial charge on any atom is -0.384 e. The van der Waals surface area contributed by atoms with Crippen molar-refractivity contribution in [2.45, 2.75) is 48.9 Å². The smallest absolute Gasteiger partial charge is 0.384 e. The van der Waals surface area contributed by atoms with Crippen molar-refractivity contribution in [3.8, 4) is 6.07 Å². The molecular weight excluding hydrogens is 589 g/mol. The first-order valence-corrected chi connectivity index (χ1v) is 14.4. The number of hydrogen-bond donors (Lipinski definition) is 1. The fourth-order valence-electron chi connectivity index (χ4n) is 5.21. The molecule has 2 N–H and O–H groups in total. The van der Waals surface area contributed by atoms with E-state index in [1.54, 1.807) is 17.0 Å². The number of Topliss-reactive ketones (excluding diaryl/α,β-unsaturated/α-hetero) is 1. The number of nitro groups is 1. The van der Waals surface area contributed by atoms with E-state index in [9.17, 15) is 33.3 Å². The van der Waals surface area contributed by atoms with Gasteiger partial charge in [-0.15, -0.1) is 10.2 Å². The number of nitrogens with two attached hydrogens (primary N) is 1. The fourth-order valence-corrected chi connectivity index (χ4v) is 7.04. The van der Waals surface area contributed by atoms with Crippen LogP contribution in [0.3, 0.4) is 0 Å². The molecule has 216 valence electrons. The van der Waals surface area contributed by atoms with Gasteiger partial charge in [0.15, 0.2) is 10.1 Å². The van der Waals surface area contributed by atoms with Crippen molar-refractivity contribution < 1.29 is 22.9 Å². The van der Waals surface area contributed by atoms with E-state index < -0.39 is 28.0 Å². The van der Waals surface area contributed by atoms with Crippen molar-refractivity contribution in [1.29, 1.82) is 5.26 Å². The van der Waals surface area contributed by atoms with Crippen molar-refractivity contribution in [2.75, 3.05) is 4.90 Å². The third-order valence-electron chi connectivity index (χ3n) is 7.00. The van der Waals surface area contributed by atoms with Crippen LogP contribution in [-0.4, -0.2) is 20.9 Å².